The molecule has 0 bridgehead atoms. The lowest BCUT2D eigenvalue weighted by molar-refractivity contribution is -0.142. The third-order valence-electron chi connectivity index (χ3n) is 5.70. The molecule has 2 aromatic heterocycles. The molecule has 0 unspecified atom stereocenters. The average molecular weight is 541 g/mol. The van der Waals surface area contributed by atoms with E-state index < -0.39 is 17.9 Å². The lowest BCUT2D eigenvalue weighted by atomic mass is 10.1. The molecule has 0 radical (unpaired) electrons. The molecule has 0 aliphatic rings. The molecule has 0 aliphatic carbocycles. The summed E-state index contributed by atoms with van der Waals surface area (Å²) in [5.74, 6) is -1.01. The van der Waals surface area contributed by atoms with E-state index >= 15 is 0 Å². The number of aromatic nitrogens is 3. The Bertz CT molecular complexity index is 1300. The molecule has 3 aromatic rings. The van der Waals surface area contributed by atoms with Crippen LogP contribution in [0.1, 0.15) is 54.1 Å². The fourth-order valence-corrected chi connectivity index (χ4v) is 4.75. The minimum Gasteiger partial charge on any atom is -0.508 e. The highest BCUT2D eigenvalue weighted by Crippen LogP contribution is 2.17. The number of aryl methyl sites for hydroxylation is 5. The number of nitrogens with zero attached hydrogens (tertiary/aromatic N) is 3. The van der Waals surface area contributed by atoms with Crippen LogP contribution in [0.4, 0.5) is 5.95 Å². The number of hydrogen-bond donors (Lipinski definition) is 4. The number of phenolic OH excluding ortho intramolecular Hbond substituents is 1. The first-order valence-electron chi connectivity index (χ1n) is 12.1. The largest absolute Gasteiger partial charge is 0.508 e. The molecule has 1 atom stereocenters. The summed E-state index contributed by atoms with van der Waals surface area (Å²) in [6.45, 7) is 7.35. The number of hydrogen-bond acceptors (Lipinski definition) is 10. The topological polar surface area (TPSA) is 155 Å². The average Bonchev–Trinajstić information content (AvgIpc) is 3.21. The molecule has 0 saturated carbocycles. The number of esters is 1. The summed E-state index contributed by atoms with van der Waals surface area (Å²) in [6, 6.07) is 6.00. The van der Waals surface area contributed by atoms with Gasteiger partial charge in [-0.2, -0.15) is 0 Å². The molecule has 12 heteroatoms. The van der Waals surface area contributed by atoms with Crippen LogP contribution in [0.25, 0.3) is 0 Å². The summed E-state index contributed by atoms with van der Waals surface area (Å²) in [7, 11) is 1.21. The third kappa shape index (κ3) is 7.48. The van der Waals surface area contributed by atoms with E-state index in [1.54, 1.807) is 45.9 Å². The summed E-state index contributed by atoms with van der Waals surface area (Å²) < 4.78 is 4.82. The Morgan fingerprint density at radius 2 is 1.74 bits per heavy atom. The molecule has 11 nitrogen and oxygen atoms in total. The summed E-state index contributed by atoms with van der Waals surface area (Å²) in [6.07, 6.45) is 1.56. The maximum atomic E-state index is 13.1. The van der Waals surface area contributed by atoms with Gasteiger partial charge in [-0.15, -0.1) is 11.3 Å². The van der Waals surface area contributed by atoms with Gasteiger partial charge in [-0.25, -0.2) is 19.7 Å². The van der Waals surface area contributed by atoms with Gasteiger partial charge in [-0.05, 0) is 58.2 Å². The van der Waals surface area contributed by atoms with E-state index in [9.17, 15) is 19.5 Å². The van der Waals surface area contributed by atoms with Gasteiger partial charge in [0.05, 0.1) is 34.8 Å². The number of nitrogens with one attached hydrogen (secondary N) is 3. The van der Waals surface area contributed by atoms with Crippen LogP contribution in [0.5, 0.6) is 5.75 Å². The number of anilines is 1. The standard InChI is InChI=1S/C26H32N6O5S/c1-14-21(15(2)31-26(30-14)27-11-7-9-18-8-6-10-19(33)12-18)23(34)32-20(25(36)37-5)13-28-24(35)22-16(3)29-17(4)38-22/h6,8,10,12,20,33H,7,9,11,13H2,1-5H3,(H,28,35)(H,32,34)(H,27,30,31)/t20-/m0/s1. The fraction of sp³-hybridized carbons (Fsp3) is 0.385. The van der Waals surface area contributed by atoms with Gasteiger partial charge in [-0.1, -0.05) is 12.1 Å². The van der Waals surface area contributed by atoms with E-state index in [0.29, 0.717) is 34.5 Å². The highest BCUT2D eigenvalue weighted by Gasteiger charge is 2.26. The van der Waals surface area contributed by atoms with Gasteiger partial charge in [0, 0.05) is 13.1 Å². The van der Waals surface area contributed by atoms with Crippen molar-refractivity contribution in [3.63, 3.8) is 0 Å². The van der Waals surface area contributed by atoms with E-state index in [2.05, 4.69) is 30.9 Å². The summed E-state index contributed by atoms with van der Waals surface area (Å²) in [5.41, 5.74) is 2.74. The molecule has 4 N–H and O–H groups in total. The van der Waals surface area contributed by atoms with Gasteiger partial charge < -0.3 is 25.8 Å². The SMILES string of the molecule is COC(=O)[C@H](CNC(=O)c1sc(C)nc1C)NC(=O)c1c(C)nc(NCCCc2cccc(O)c2)nc1C. The Morgan fingerprint density at radius 1 is 1.03 bits per heavy atom. The number of carbonyl (C=O) groups is 3. The first kappa shape index (κ1) is 28.5. The van der Waals surface area contributed by atoms with Crippen LogP contribution in [0, 0.1) is 27.7 Å². The summed E-state index contributed by atoms with van der Waals surface area (Å²) >= 11 is 1.25. The second-order valence-corrected chi connectivity index (χ2v) is 9.90. The van der Waals surface area contributed by atoms with E-state index in [4.69, 9.17) is 4.74 Å². The van der Waals surface area contributed by atoms with Crippen molar-refractivity contribution in [2.24, 2.45) is 0 Å². The maximum absolute atomic E-state index is 13.1. The van der Waals surface area contributed by atoms with Crippen LogP contribution < -0.4 is 16.0 Å². The molecule has 202 valence electrons. The number of carbonyl (C=O) groups excluding carboxylic acids is 3. The Balaban J connectivity index is 1.61. The zero-order valence-electron chi connectivity index (χ0n) is 22.0. The normalized spacial score (nSPS) is 11.5. The second kappa shape index (κ2) is 13.0. The molecule has 1 aromatic carbocycles. The highest BCUT2D eigenvalue weighted by molar-refractivity contribution is 7.13. The van der Waals surface area contributed by atoms with Crippen LogP contribution >= 0.6 is 11.3 Å². The quantitative estimate of drug-likeness (QED) is 0.212. The van der Waals surface area contributed by atoms with E-state index in [0.717, 1.165) is 23.4 Å². The van der Waals surface area contributed by atoms with Crippen molar-refractivity contribution in [1.82, 2.24) is 25.6 Å². The minimum absolute atomic E-state index is 0.161. The number of phenols is 1. The van der Waals surface area contributed by atoms with Crippen molar-refractivity contribution in [2.45, 2.75) is 46.6 Å². The number of rotatable bonds is 11. The van der Waals surface area contributed by atoms with Crippen LogP contribution in [0.15, 0.2) is 24.3 Å². The van der Waals surface area contributed by atoms with Crippen molar-refractivity contribution in [2.75, 3.05) is 25.5 Å². The van der Waals surface area contributed by atoms with Crippen molar-refractivity contribution in [3.8, 4) is 5.75 Å². The number of thiazole rings is 1. The zero-order valence-corrected chi connectivity index (χ0v) is 22.9. The first-order chi connectivity index (χ1) is 18.1. The Kier molecular flexibility index (Phi) is 9.72. The van der Waals surface area contributed by atoms with Gasteiger partial charge >= 0.3 is 5.97 Å². The van der Waals surface area contributed by atoms with Crippen LogP contribution in [0.2, 0.25) is 0 Å². The molecular weight excluding hydrogens is 508 g/mol. The van der Waals surface area contributed by atoms with Gasteiger partial charge in [0.2, 0.25) is 5.95 Å². The van der Waals surface area contributed by atoms with Gasteiger partial charge in [0.25, 0.3) is 11.8 Å². The van der Waals surface area contributed by atoms with Crippen molar-refractivity contribution in [1.29, 1.82) is 0 Å². The fourth-order valence-electron chi connectivity index (χ4n) is 3.91. The molecule has 3 rings (SSSR count). The van der Waals surface area contributed by atoms with E-state index in [1.165, 1.54) is 18.4 Å². The lowest BCUT2D eigenvalue weighted by Gasteiger charge is -2.18. The Morgan fingerprint density at radius 3 is 2.34 bits per heavy atom. The number of methoxy groups -OCH3 is 1. The Labute approximate surface area is 225 Å². The molecule has 38 heavy (non-hydrogen) atoms. The molecular formula is C26H32N6O5S. The predicted octanol–water partition coefficient (Wildman–Crippen LogP) is 2.62. The van der Waals surface area contributed by atoms with Crippen molar-refractivity contribution < 1.29 is 24.2 Å². The molecule has 0 spiro atoms. The molecule has 0 fully saturated rings. The summed E-state index contributed by atoms with van der Waals surface area (Å²) in [5, 5.41) is 18.8. The van der Waals surface area contributed by atoms with Crippen LogP contribution in [-0.4, -0.2) is 64.1 Å². The van der Waals surface area contributed by atoms with Gasteiger partial charge in [0.1, 0.15) is 16.7 Å². The zero-order chi connectivity index (χ0) is 27.8. The van der Waals surface area contributed by atoms with Gasteiger partial charge in [0.15, 0.2) is 0 Å². The molecule has 0 aliphatic heterocycles. The molecule has 2 amide bonds. The lowest BCUT2D eigenvalue weighted by Crippen LogP contribution is -2.49. The second-order valence-electron chi connectivity index (χ2n) is 8.70. The summed E-state index contributed by atoms with van der Waals surface area (Å²) in [4.78, 5) is 51.5. The van der Waals surface area contributed by atoms with Crippen LogP contribution in [-0.2, 0) is 16.0 Å². The maximum Gasteiger partial charge on any atom is 0.330 e. The third-order valence-corrected chi connectivity index (χ3v) is 6.77. The number of benzene rings is 1. The van der Waals surface area contributed by atoms with E-state index in [-0.39, 0.29) is 23.8 Å². The van der Waals surface area contributed by atoms with Crippen LogP contribution in [0.3, 0.4) is 0 Å². The smallest absolute Gasteiger partial charge is 0.330 e. The van der Waals surface area contributed by atoms with E-state index in [1.807, 2.05) is 6.07 Å². The van der Waals surface area contributed by atoms with Crippen molar-refractivity contribution >= 4 is 35.1 Å². The van der Waals surface area contributed by atoms with Crippen molar-refractivity contribution in [3.05, 3.63) is 62.4 Å². The molecule has 2 heterocycles. The number of ether oxygens (including phenoxy) is 1. The highest BCUT2D eigenvalue weighted by atomic mass is 32.1. The monoisotopic (exact) mass is 540 g/mol. The first-order valence-corrected chi connectivity index (χ1v) is 12.9. The number of aromatic hydroxyl groups is 1. The predicted molar refractivity (Wildman–Crippen MR) is 144 cm³/mol. The minimum atomic E-state index is -1.11. The Hall–Kier alpha value is -4.06. The molecule has 0 saturated heterocycles. The number of amides is 2. The van der Waals surface area contributed by atoms with Gasteiger partial charge in [-0.3, -0.25) is 9.59 Å².